The molecule has 0 saturated heterocycles. The zero-order valence-corrected chi connectivity index (χ0v) is 10.9. The Balaban J connectivity index is 3.32. The molecule has 106 valence electrons. The normalized spacial score (nSPS) is 11.3. The van der Waals surface area contributed by atoms with Crippen LogP contribution in [0.5, 0.6) is 5.75 Å². The number of primary sulfonamides is 1. The van der Waals surface area contributed by atoms with E-state index in [1.807, 2.05) is 6.92 Å². The highest BCUT2D eigenvalue weighted by Crippen LogP contribution is 2.31. The highest BCUT2D eigenvalue weighted by atomic mass is 32.2. The topological polar surface area (TPSA) is 113 Å². The lowest BCUT2D eigenvalue weighted by molar-refractivity contribution is -0.385. The Labute approximate surface area is 109 Å². The highest BCUT2D eigenvalue weighted by molar-refractivity contribution is 7.89. The number of nitrogens with zero attached hydrogens (tertiary/aromatic N) is 1. The Hall–Kier alpha value is -1.74. The number of ether oxygens (including phenoxy) is 1. The SMILES string of the molecule is CCCCOc1c(F)cc([N+](=O)[O-])cc1S(N)(=O)=O. The number of rotatable bonds is 6. The van der Waals surface area contributed by atoms with Crippen LogP contribution in [0.25, 0.3) is 0 Å². The zero-order chi connectivity index (χ0) is 14.6. The van der Waals surface area contributed by atoms with Crippen molar-refractivity contribution in [1.29, 1.82) is 0 Å². The summed E-state index contributed by atoms with van der Waals surface area (Å²) in [6.45, 7) is 1.96. The lowest BCUT2D eigenvalue weighted by Gasteiger charge is -2.10. The van der Waals surface area contributed by atoms with Crippen molar-refractivity contribution in [2.75, 3.05) is 6.61 Å². The summed E-state index contributed by atoms with van der Waals surface area (Å²) in [6, 6.07) is 1.27. The first-order valence-electron chi connectivity index (χ1n) is 5.41. The number of halogens is 1. The molecule has 0 spiro atoms. The van der Waals surface area contributed by atoms with Gasteiger partial charge in [0.05, 0.1) is 17.6 Å². The van der Waals surface area contributed by atoms with Gasteiger partial charge in [0.25, 0.3) is 5.69 Å². The Morgan fingerprint density at radius 2 is 2.11 bits per heavy atom. The first-order valence-corrected chi connectivity index (χ1v) is 6.95. The Morgan fingerprint density at radius 1 is 1.47 bits per heavy atom. The van der Waals surface area contributed by atoms with Crippen LogP contribution in [0, 0.1) is 15.9 Å². The van der Waals surface area contributed by atoms with Crippen LogP contribution >= 0.6 is 0 Å². The minimum atomic E-state index is -4.32. The molecule has 0 unspecified atom stereocenters. The molecule has 0 aliphatic heterocycles. The van der Waals surface area contributed by atoms with Crippen LogP contribution in [0.2, 0.25) is 0 Å². The molecule has 0 amide bonds. The fourth-order valence-corrected chi connectivity index (χ4v) is 2.03. The van der Waals surface area contributed by atoms with Gasteiger partial charge in [0.1, 0.15) is 4.90 Å². The highest BCUT2D eigenvalue weighted by Gasteiger charge is 2.24. The zero-order valence-electron chi connectivity index (χ0n) is 10.1. The van der Waals surface area contributed by atoms with Crippen molar-refractivity contribution in [3.63, 3.8) is 0 Å². The number of unbranched alkanes of at least 4 members (excludes halogenated alkanes) is 1. The van der Waals surface area contributed by atoms with E-state index in [0.717, 1.165) is 6.42 Å². The van der Waals surface area contributed by atoms with Gasteiger partial charge in [0.15, 0.2) is 11.6 Å². The van der Waals surface area contributed by atoms with Crippen molar-refractivity contribution in [2.45, 2.75) is 24.7 Å². The molecule has 1 aromatic carbocycles. The van der Waals surface area contributed by atoms with E-state index in [1.165, 1.54) is 0 Å². The van der Waals surface area contributed by atoms with E-state index >= 15 is 0 Å². The number of non-ortho nitro benzene ring substituents is 1. The van der Waals surface area contributed by atoms with Gasteiger partial charge in [-0.05, 0) is 6.42 Å². The number of benzene rings is 1. The molecule has 9 heteroatoms. The van der Waals surface area contributed by atoms with Gasteiger partial charge in [-0.3, -0.25) is 10.1 Å². The third kappa shape index (κ3) is 3.86. The summed E-state index contributed by atoms with van der Waals surface area (Å²) in [7, 11) is -4.32. The molecule has 0 aromatic heterocycles. The predicted molar refractivity (Wildman–Crippen MR) is 64.8 cm³/mol. The Kier molecular flexibility index (Phi) is 4.78. The van der Waals surface area contributed by atoms with Crippen LogP contribution < -0.4 is 9.88 Å². The largest absolute Gasteiger partial charge is 0.489 e. The quantitative estimate of drug-likeness (QED) is 0.485. The predicted octanol–water partition coefficient (Wildman–Crippen LogP) is 1.56. The van der Waals surface area contributed by atoms with Gasteiger partial charge >= 0.3 is 0 Å². The molecule has 0 saturated carbocycles. The molecule has 0 atom stereocenters. The van der Waals surface area contributed by atoms with Crippen LogP contribution in [0.4, 0.5) is 10.1 Å². The maximum atomic E-state index is 13.7. The van der Waals surface area contributed by atoms with Crippen molar-refractivity contribution in [2.24, 2.45) is 5.14 Å². The van der Waals surface area contributed by atoms with Gasteiger partial charge in [-0.15, -0.1) is 0 Å². The van der Waals surface area contributed by atoms with E-state index < -0.39 is 37.1 Å². The minimum absolute atomic E-state index is 0.0910. The molecule has 0 fully saturated rings. The molecule has 2 N–H and O–H groups in total. The smallest absolute Gasteiger partial charge is 0.274 e. The average Bonchev–Trinajstić information content (AvgIpc) is 2.29. The van der Waals surface area contributed by atoms with Crippen molar-refractivity contribution < 1.29 is 22.5 Å². The summed E-state index contributed by atoms with van der Waals surface area (Å²) in [5.41, 5.74) is -0.704. The molecule has 0 radical (unpaired) electrons. The summed E-state index contributed by atoms with van der Waals surface area (Å²) in [6.07, 6.45) is 1.35. The van der Waals surface area contributed by atoms with Crippen molar-refractivity contribution in [3.8, 4) is 5.75 Å². The molecular weight excluding hydrogens is 279 g/mol. The van der Waals surface area contributed by atoms with Crippen molar-refractivity contribution >= 4 is 15.7 Å². The summed E-state index contributed by atoms with van der Waals surface area (Å²) >= 11 is 0. The van der Waals surface area contributed by atoms with E-state index in [4.69, 9.17) is 9.88 Å². The molecule has 0 aliphatic carbocycles. The summed E-state index contributed by atoms with van der Waals surface area (Å²) in [5.74, 6) is -1.71. The number of hydrogen-bond acceptors (Lipinski definition) is 5. The lowest BCUT2D eigenvalue weighted by atomic mass is 10.3. The third-order valence-corrected chi connectivity index (χ3v) is 3.17. The second kappa shape index (κ2) is 5.93. The van der Waals surface area contributed by atoms with Gasteiger partial charge < -0.3 is 4.74 Å². The number of nitro benzene ring substituents is 1. The third-order valence-electron chi connectivity index (χ3n) is 2.26. The second-order valence-electron chi connectivity index (χ2n) is 3.76. The standard InChI is InChI=1S/C10H13FN2O5S/c1-2-3-4-18-10-8(11)5-7(13(14)15)6-9(10)19(12,16)17/h5-6H,2-4H2,1H3,(H2,12,16,17). The fraction of sp³-hybridized carbons (Fsp3) is 0.400. The minimum Gasteiger partial charge on any atom is -0.489 e. The molecule has 0 bridgehead atoms. The van der Waals surface area contributed by atoms with Crippen molar-refractivity contribution in [1.82, 2.24) is 0 Å². The van der Waals surface area contributed by atoms with Gasteiger partial charge in [-0.1, -0.05) is 13.3 Å². The van der Waals surface area contributed by atoms with E-state index in [0.29, 0.717) is 18.6 Å². The van der Waals surface area contributed by atoms with Crippen LogP contribution in [0.3, 0.4) is 0 Å². The molecule has 0 aliphatic rings. The van der Waals surface area contributed by atoms with Crippen LogP contribution in [-0.4, -0.2) is 19.9 Å². The van der Waals surface area contributed by atoms with E-state index in [-0.39, 0.29) is 6.61 Å². The maximum absolute atomic E-state index is 13.7. The molecular formula is C10H13FN2O5S. The maximum Gasteiger partial charge on any atom is 0.274 e. The number of nitrogens with two attached hydrogens (primary N) is 1. The number of sulfonamides is 1. The van der Waals surface area contributed by atoms with E-state index in [1.54, 1.807) is 0 Å². The molecule has 1 rings (SSSR count). The molecule has 0 heterocycles. The summed E-state index contributed by atoms with van der Waals surface area (Å²) in [5, 5.41) is 15.5. The van der Waals surface area contributed by atoms with Crippen LogP contribution in [0.1, 0.15) is 19.8 Å². The molecule has 7 nitrogen and oxygen atoms in total. The lowest BCUT2D eigenvalue weighted by Crippen LogP contribution is -2.15. The number of hydrogen-bond donors (Lipinski definition) is 1. The fourth-order valence-electron chi connectivity index (χ4n) is 1.33. The molecule has 19 heavy (non-hydrogen) atoms. The Bertz CT molecular complexity index is 588. The summed E-state index contributed by atoms with van der Waals surface area (Å²) in [4.78, 5) is 8.93. The molecule has 1 aromatic rings. The first-order chi connectivity index (χ1) is 8.77. The second-order valence-corrected chi connectivity index (χ2v) is 5.29. The van der Waals surface area contributed by atoms with Gasteiger partial charge in [-0.25, -0.2) is 17.9 Å². The van der Waals surface area contributed by atoms with Gasteiger partial charge in [0.2, 0.25) is 10.0 Å². The average molecular weight is 292 g/mol. The number of nitro groups is 1. The van der Waals surface area contributed by atoms with Gasteiger partial charge in [0, 0.05) is 6.07 Å². The van der Waals surface area contributed by atoms with E-state index in [9.17, 15) is 22.9 Å². The van der Waals surface area contributed by atoms with Crippen LogP contribution in [0.15, 0.2) is 17.0 Å². The van der Waals surface area contributed by atoms with Crippen LogP contribution in [-0.2, 0) is 10.0 Å². The Morgan fingerprint density at radius 3 is 2.58 bits per heavy atom. The monoisotopic (exact) mass is 292 g/mol. The van der Waals surface area contributed by atoms with Gasteiger partial charge in [-0.2, -0.15) is 0 Å². The summed E-state index contributed by atoms with van der Waals surface area (Å²) < 4.78 is 41.3. The van der Waals surface area contributed by atoms with Crippen molar-refractivity contribution in [3.05, 3.63) is 28.1 Å². The van der Waals surface area contributed by atoms with E-state index in [2.05, 4.69) is 0 Å². The first kappa shape index (κ1) is 15.3.